The summed E-state index contributed by atoms with van der Waals surface area (Å²) in [6.45, 7) is 7.89. The highest BCUT2D eigenvalue weighted by molar-refractivity contribution is 6.10. The van der Waals surface area contributed by atoms with Gasteiger partial charge >= 0.3 is 0 Å². The van der Waals surface area contributed by atoms with Gasteiger partial charge < -0.3 is 10.4 Å². The first-order valence-electron chi connectivity index (χ1n) is 5.47. The second kappa shape index (κ2) is 8.71. The Morgan fingerprint density at radius 1 is 1.31 bits per heavy atom. The zero-order valence-corrected chi connectivity index (χ0v) is 9.98. The summed E-state index contributed by atoms with van der Waals surface area (Å²) in [5, 5.41) is 23.5. The van der Waals surface area contributed by atoms with E-state index >= 15 is 0 Å². The largest absolute Gasteiger partial charge is 0.411 e. The molecule has 0 rings (SSSR count). The second-order valence-corrected chi connectivity index (χ2v) is 3.51. The Kier molecular flexibility index (Phi) is 7.85. The maximum Gasteiger partial charge on any atom is 0.105 e. The van der Waals surface area contributed by atoms with E-state index in [0.29, 0.717) is 12.1 Å². The predicted molar refractivity (Wildman–Crippen MR) is 66.5 cm³/mol. The number of unbranched alkanes of at least 4 members (excludes halogenated alkanes) is 1. The fourth-order valence-electron chi connectivity index (χ4n) is 1.20. The van der Waals surface area contributed by atoms with Gasteiger partial charge in [-0.25, -0.2) is 0 Å². The van der Waals surface area contributed by atoms with Crippen LogP contribution in [0.25, 0.3) is 0 Å². The number of rotatable bonds is 7. The van der Waals surface area contributed by atoms with E-state index in [2.05, 4.69) is 23.8 Å². The van der Waals surface area contributed by atoms with E-state index < -0.39 is 0 Å². The Bertz CT molecular complexity index is 304. The molecule has 2 N–H and O–H groups in total. The van der Waals surface area contributed by atoms with Crippen molar-refractivity contribution in [1.29, 1.82) is 0 Å². The molecule has 0 aliphatic rings. The van der Waals surface area contributed by atoms with Gasteiger partial charge in [0.15, 0.2) is 0 Å². The minimum absolute atomic E-state index is 0.449. The van der Waals surface area contributed by atoms with Crippen LogP contribution in [-0.2, 0) is 0 Å². The van der Waals surface area contributed by atoms with Crippen LogP contribution in [0.5, 0.6) is 0 Å². The first-order valence-corrected chi connectivity index (χ1v) is 5.47. The van der Waals surface area contributed by atoms with Crippen molar-refractivity contribution < 1.29 is 10.4 Å². The lowest BCUT2D eigenvalue weighted by molar-refractivity contribution is 0.319. The molecule has 0 unspecified atom stereocenters. The molecule has 0 fully saturated rings. The van der Waals surface area contributed by atoms with Crippen LogP contribution >= 0.6 is 0 Å². The Hall–Kier alpha value is -1.58. The monoisotopic (exact) mass is 224 g/mol. The summed E-state index contributed by atoms with van der Waals surface area (Å²) in [5.74, 6) is 0. The van der Waals surface area contributed by atoms with Gasteiger partial charge in [0, 0.05) is 0 Å². The molecule has 4 heteroatoms. The van der Waals surface area contributed by atoms with Crippen LogP contribution in [0, 0.1) is 0 Å². The highest BCUT2D eigenvalue weighted by Gasteiger charge is 2.03. The third-order valence-electron chi connectivity index (χ3n) is 2.26. The van der Waals surface area contributed by atoms with E-state index in [1.807, 2.05) is 6.92 Å². The molecule has 0 aromatic heterocycles. The van der Waals surface area contributed by atoms with Crippen LogP contribution in [0.1, 0.15) is 39.5 Å². The molecule has 90 valence electrons. The molecule has 0 aromatic rings. The number of hydrogen-bond donors (Lipinski definition) is 2. The molecule has 0 saturated carbocycles. The van der Waals surface area contributed by atoms with E-state index in [4.69, 9.17) is 10.4 Å². The van der Waals surface area contributed by atoms with Gasteiger partial charge in [-0.15, -0.1) is 0 Å². The average molecular weight is 224 g/mol. The van der Waals surface area contributed by atoms with Gasteiger partial charge in [0.05, 0.1) is 6.21 Å². The van der Waals surface area contributed by atoms with Crippen LogP contribution in [0.4, 0.5) is 0 Å². The van der Waals surface area contributed by atoms with Crippen LogP contribution in [0.15, 0.2) is 34.1 Å². The number of hydrogen-bond acceptors (Lipinski definition) is 4. The Labute approximate surface area is 96.7 Å². The highest BCUT2D eigenvalue weighted by atomic mass is 16.4. The quantitative estimate of drug-likeness (QED) is 0.395. The van der Waals surface area contributed by atoms with Gasteiger partial charge in [0.2, 0.25) is 0 Å². The van der Waals surface area contributed by atoms with Gasteiger partial charge in [-0.1, -0.05) is 37.2 Å². The summed E-state index contributed by atoms with van der Waals surface area (Å²) >= 11 is 0. The van der Waals surface area contributed by atoms with Crippen LogP contribution in [0.2, 0.25) is 0 Å². The van der Waals surface area contributed by atoms with Gasteiger partial charge in [0.1, 0.15) is 5.71 Å². The van der Waals surface area contributed by atoms with E-state index in [-0.39, 0.29) is 0 Å². The lowest BCUT2D eigenvalue weighted by Crippen LogP contribution is -2.01. The van der Waals surface area contributed by atoms with E-state index in [1.165, 1.54) is 6.21 Å². The molecule has 0 amide bonds. The molecule has 16 heavy (non-hydrogen) atoms. The lowest BCUT2D eigenvalue weighted by atomic mass is 10.0. The minimum Gasteiger partial charge on any atom is -0.411 e. The molecule has 0 spiro atoms. The first-order chi connectivity index (χ1) is 7.69. The summed E-state index contributed by atoms with van der Waals surface area (Å²) in [7, 11) is 0. The molecule has 0 radical (unpaired) electrons. The Balaban J connectivity index is 4.68. The van der Waals surface area contributed by atoms with Crippen molar-refractivity contribution in [2.45, 2.75) is 39.5 Å². The predicted octanol–water partition coefficient (Wildman–Crippen LogP) is 3.36. The first kappa shape index (κ1) is 14.4. The molecule has 0 saturated heterocycles. The molecule has 0 aromatic carbocycles. The van der Waals surface area contributed by atoms with Crippen molar-refractivity contribution in [2.24, 2.45) is 10.3 Å². The fraction of sp³-hybridized carbons (Fsp3) is 0.500. The summed E-state index contributed by atoms with van der Waals surface area (Å²) in [4.78, 5) is 0. The van der Waals surface area contributed by atoms with E-state index in [9.17, 15) is 0 Å². The third kappa shape index (κ3) is 5.34. The normalized spacial score (nSPS) is 13.4. The standard InChI is InChI=1S/C12H20N2O2/c1-4-6-7-10(3)12(14-16)8-11(5-2)9-13-15/h8-9,15-16H,3-7H2,1-2H3. The Morgan fingerprint density at radius 2 is 2.00 bits per heavy atom. The molecule has 0 aliphatic heterocycles. The third-order valence-corrected chi connectivity index (χ3v) is 2.26. The molecule has 4 nitrogen and oxygen atoms in total. The van der Waals surface area contributed by atoms with E-state index in [0.717, 1.165) is 30.4 Å². The van der Waals surface area contributed by atoms with Crippen LogP contribution in [0.3, 0.4) is 0 Å². The highest BCUT2D eigenvalue weighted by Crippen LogP contribution is 2.10. The maximum atomic E-state index is 8.88. The maximum absolute atomic E-state index is 8.88. The molecule has 0 bridgehead atoms. The van der Waals surface area contributed by atoms with Crippen molar-refractivity contribution in [1.82, 2.24) is 0 Å². The zero-order valence-electron chi connectivity index (χ0n) is 9.98. The smallest absolute Gasteiger partial charge is 0.105 e. The van der Waals surface area contributed by atoms with Crippen molar-refractivity contribution in [3.63, 3.8) is 0 Å². The van der Waals surface area contributed by atoms with Gasteiger partial charge in [-0.05, 0) is 36.5 Å². The molecular formula is C12H20N2O2. The summed E-state index contributed by atoms with van der Waals surface area (Å²) in [5.41, 5.74) is 2.03. The summed E-state index contributed by atoms with van der Waals surface area (Å²) in [6.07, 6.45) is 6.60. The average Bonchev–Trinajstić information content (AvgIpc) is 2.31. The van der Waals surface area contributed by atoms with Crippen molar-refractivity contribution >= 4 is 11.9 Å². The van der Waals surface area contributed by atoms with Gasteiger partial charge in [-0.2, -0.15) is 0 Å². The molecule has 0 atom stereocenters. The van der Waals surface area contributed by atoms with Crippen LogP contribution < -0.4 is 0 Å². The molecule has 0 aliphatic carbocycles. The number of allylic oxidation sites excluding steroid dienone is 3. The summed E-state index contributed by atoms with van der Waals surface area (Å²) in [6, 6.07) is 0. The van der Waals surface area contributed by atoms with Crippen LogP contribution in [-0.4, -0.2) is 22.3 Å². The SMILES string of the molecule is C=C(CCCC)C(C=C(C=NO)CC)=NO. The molecular weight excluding hydrogens is 204 g/mol. The van der Waals surface area contributed by atoms with Crippen molar-refractivity contribution in [2.75, 3.05) is 0 Å². The van der Waals surface area contributed by atoms with Gasteiger partial charge in [-0.3, -0.25) is 0 Å². The van der Waals surface area contributed by atoms with Crippen molar-refractivity contribution in [3.05, 3.63) is 23.8 Å². The van der Waals surface area contributed by atoms with Gasteiger partial charge in [0.25, 0.3) is 0 Å². The zero-order chi connectivity index (χ0) is 12.4. The topological polar surface area (TPSA) is 65.2 Å². The lowest BCUT2D eigenvalue weighted by Gasteiger charge is -2.04. The number of oxime groups is 2. The minimum atomic E-state index is 0.449. The van der Waals surface area contributed by atoms with Crippen molar-refractivity contribution in [3.8, 4) is 0 Å². The Morgan fingerprint density at radius 3 is 2.44 bits per heavy atom. The second-order valence-electron chi connectivity index (χ2n) is 3.51. The fourth-order valence-corrected chi connectivity index (χ4v) is 1.20. The molecule has 0 heterocycles. The van der Waals surface area contributed by atoms with E-state index in [1.54, 1.807) is 6.08 Å². The summed E-state index contributed by atoms with van der Waals surface area (Å²) < 4.78 is 0. The number of nitrogens with zero attached hydrogens (tertiary/aromatic N) is 2.